The Balaban J connectivity index is 2.45. The fourth-order valence-electron chi connectivity index (χ4n) is 2.27. The molecule has 1 aliphatic rings. The van der Waals surface area contributed by atoms with E-state index in [9.17, 15) is 4.79 Å². The lowest BCUT2D eigenvalue weighted by molar-refractivity contribution is -0.118. The zero-order valence-electron chi connectivity index (χ0n) is 10.2. The Morgan fingerprint density at radius 3 is 2.87 bits per heavy atom. The maximum absolute atomic E-state index is 11.2. The third-order valence-electron chi connectivity index (χ3n) is 3.17. The highest BCUT2D eigenvalue weighted by atomic mass is 16.5. The quantitative estimate of drug-likeness (QED) is 0.698. The number of rotatable bonds is 5. The zero-order valence-corrected chi connectivity index (χ0v) is 10.2. The van der Waals surface area contributed by atoms with Crippen molar-refractivity contribution >= 4 is 5.78 Å². The Hall–Kier alpha value is -0.410. The summed E-state index contributed by atoms with van der Waals surface area (Å²) >= 11 is 0. The zero-order chi connectivity index (χ0) is 11.3. The van der Waals surface area contributed by atoms with Gasteiger partial charge in [0, 0.05) is 26.1 Å². The number of hydrogen-bond donors (Lipinski definition) is 0. The van der Waals surface area contributed by atoms with Gasteiger partial charge in [0.05, 0.1) is 6.10 Å². The first-order valence-electron chi connectivity index (χ1n) is 5.89. The van der Waals surface area contributed by atoms with Crippen LogP contribution >= 0.6 is 0 Å². The van der Waals surface area contributed by atoms with Crippen molar-refractivity contribution in [1.82, 2.24) is 4.90 Å². The van der Waals surface area contributed by atoms with Crippen molar-refractivity contribution in [1.29, 1.82) is 0 Å². The topological polar surface area (TPSA) is 29.5 Å². The van der Waals surface area contributed by atoms with Crippen molar-refractivity contribution < 1.29 is 9.53 Å². The summed E-state index contributed by atoms with van der Waals surface area (Å²) < 4.78 is 5.28. The molecule has 0 aliphatic carbocycles. The van der Waals surface area contributed by atoms with Gasteiger partial charge in [-0.05, 0) is 33.2 Å². The van der Waals surface area contributed by atoms with Gasteiger partial charge < -0.3 is 4.74 Å². The summed E-state index contributed by atoms with van der Waals surface area (Å²) in [6.45, 7) is 5.84. The molecule has 0 bridgehead atoms. The van der Waals surface area contributed by atoms with Crippen LogP contribution in [0.2, 0.25) is 0 Å². The van der Waals surface area contributed by atoms with Crippen LogP contribution in [0.3, 0.4) is 0 Å². The van der Waals surface area contributed by atoms with Crippen LogP contribution in [0, 0.1) is 0 Å². The molecule has 0 saturated carbocycles. The molecule has 1 rings (SSSR count). The van der Waals surface area contributed by atoms with Crippen LogP contribution in [0.5, 0.6) is 0 Å². The van der Waals surface area contributed by atoms with E-state index in [1.807, 2.05) is 0 Å². The fourth-order valence-corrected chi connectivity index (χ4v) is 2.27. The molecule has 3 nitrogen and oxygen atoms in total. The number of carbonyl (C=O) groups is 1. The number of piperidine rings is 1. The minimum absolute atomic E-state index is 0.262. The van der Waals surface area contributed by atoms with Gasteiger partial charge in [-0.1, -0.05) is 6.42 Å². The molecule has 1 heterocycles. The summed E-state index contributed by atoms with van der Waals surface area (Å²) in [6, 6.07) is 0.453. The number of methoxy groups -OCH3 is 1. The second-order valence-electron chi connectivity index (χ2n) is 4.60. The van der Waals surface area contributed by atoms with Crippen molar-refractivity contribution in [2.75, 3.05) is 20.2 Å². The lowest BCUT2D eigenvalue weighted by Crippen LogP contribution is -2.44. The number of Topliss-reactive ketones (excluding diaryl/α,β-unsaturated/α-hetero) is 1. The van der Waals surface area contributed by atoms with Gasteiger partial charge in [-0.3, -0.25) is 9.69 Å². The summed E-state index contributed by atoms with van der Waals surface area (Å²) in [5, 5.41) is 0. The Morgan fingerprint density at radius 2 is 2.27 bits per heavy atom. The van der Waals surface area contributed by atoms with Gasteiger partial charge in [0.2, 0.25) is 0 Å². The fraction of sp³-hybridized carbons (Fsp3) is 0.917. The first kappa shape index (κ1) is 12.7. The lowest BCUT2D eigenvalue weighted by atomic mass is 9.97. The molecule has 2 unspecified atom stereocenters. The number of likely N-dealkylation sites (tertiary alicyclic amines) is 1. The molecule has 0 aromatic heterocycles. The van der Waals surface area contributed by atoms with Crippen LogP contribution < -0.4 is 0 Å². The highest BCUT2D eigenvalue weighted by molar-refractivity contribution is 5.76. The first-order valence-corrected chi connectivity index (χ1v) is 5.89. The Bertz CT molecular complexity index is 206. The van der Waals surface area contributed by atoms with E-state index in [0.717, 1.165) is 19.5 Å². The van der Waals surface area contributed by atoms with Crippen LogP contribution in [0.25, 0.3) is 0 Å². The molecule has 15 heavy (non-hydrogen) atoms. The van der Waals surface area contributed by atoms with Gasteiger partial charge in [-0.15, -0.1) is 0 Å². The van der Waals surface area contributed by atoms with Gasteiger partial charge in [-0.2, -0.15) is 0 Å². The maximum atomic E-state index is 11.2. The summed E-state index contributed by atoms with van der Waals surface area (Å²) in [5.41, 5.74) is 0. The molecule has 0 aromatic rings. The third kappa shape index (κ3) is 4.31. The number of hydrogen-bond acceptors (Lipinski definition) is 3. The average molecular weight is 213 g/mol. The van der Waals surface area contributed by atoms with Crippen molar-refractivity contribution in [2.45, 2.75) is 51.7 Å². The van der Waals surface area contributed by atoms with Gasteiger partial charge in [-0.25, -0.2) is 0 Å². The molecule has 0 amide bonds. The SMILES string of the molecule is COC(C)CN1CCCCC1CC(C)=O. The lowest BCUT2D eigenvalue weighted by Gasteiger charge is -2.36. The van der Waals surface area contributed by atoms with Gasteiger partial charge >= 0.3 is 0 Å². The molecule has 0 N–H and O–H groups in total. The highest BCUT2D eigenvalue weighted by Gasteiger charge is 2.24. The predicted octanol–water partition coefficient (Wildman–Crippen LogP) is 1.85. The van der Waals surface area contributed by atoms with Crippen LogP contribution in [0.1, 0.15) is 39.5 Å². The molecule has 0 radical (unpaired) electrons. The van der Waals surface area contributed by atoms with Crippen LogP contribution in [0.4, 0.5) is 0 Å². The average Bonchev–Trinajstić information content (AvgIpc) is 2.20. The van der Waals surface area contributed by atoms with Crippen molar-refractivity contribution in [2.24, 2.45) is 0 Å². The molecule has 2 atom stereocenters. The molecule has 1 saturated heterocycles. The van der Waals surface area contributed by atoms with E-state index in [-0.39, 0.29) is 6.10 Å². The Morgan fingerprint density at radius 1 is 1.53 bits per heavy atom. The molecule has 1 fully saturated rings. The van der Waals surface area contributed by atoms with E-state index in [2.05, 4.69) is 11.8 Å². The van der Waals surface area contributed by atoms with Crippen LogP contribution in [-0.4, -0.2) is 43.0 Å². The normalized spacial score (nSPS) is 25.1. The smallest absolute Gasteiger partial charge is 0.131 e. The van der Waals surface area contributed by atoms with E-state index in [1.54, 1.807) is 14.0 Å². The van der Waals surface area contributed by atoms with Gasteiger partial charge in [0.15, 0.2) is 0 Å². The molecule has 3 heteroatoms. The van der Waals surface area contributed by atoms with Gasteiger partial charge in [0.1, 0.15) is 5.78 Å². The van der Waals surface area contributed by atoms with Crippen LogP contribution in [-0.2, 0) is 9.53 Å². The summed E-state index contributed by atoms with van der Waals surface area (Å²) in [5.74, 6) is 0.303. The van der Waals surface area contributed by atoms with Crippen molar-refractivity contribution in [3.8, 4) is 0 Å². The summed E-state index contributed by atoms with van der Waals surface area (Å²) in [6.07, 6.45) is 4.64. The maximum Gasteiger partial charge on any atom is 0.131 e. The Kier molecular flexibility index (Phi) is 5.26. The third-order valence-corrected chi connectivity index (χ3v) is 3.17. The van der Waals surface area contributed by atoms with Crippen molar-refractivity contribution in [3.63, 3.8) is 0 Å². The second-order valence-corrected chi connectivity index (χ2v) is 4.60. The molecular formula is C12H23NO2. The predicted molar refractivity (Wildman–Crippen MR) is 61.0 cm³/mol. The largest absolute Gasteiger partial charge is 0.380 e. The number of nitrogens with zero attached hydrogens (tertiary/aromatic N) is 1. The highest BCUT2D eigenvalue weighted by Crippen LogP contribution is 2.20. The molecule has 0 spiro atoms. The standard InChI is InChI=1S/C12H23NO2/c1-10(14)8-12-6-4-5-7-13(12)9-11(2)15-3/h11-12H,4-9H2,1-3H3. The molecule has 0 aromatic carbocycles. The molecule has 88 valence electrons. The van der Waals surface area contributed by atoms with Gasteiger partial charge in [0.25, 0.3) is 0 Å². The number of carbonyl (C=O) groups excluding carboxylic acids is 1. The first-order chi connectivity index (χ1) is 7.13. The van der Waals surface area contributed by atoms with E-state index in [4.69, 9.17) is 4.74 Å². The minimum Gasteiger partial charge on any atom is -0.380 e. The number of ketones is 1. The van der Waals surface area contributed by atoms with E-state index in [0.29, 0.717) is 18.2 Å². The van der Waals surface area contributed by atoms with E-state index in [1.165, 1.54) is 12.8 Å². The monoisotopic (exact) mass is 213 g/mol. The second kappa shape index (κ2) is 6.23. The van der Waals surface area contributed by atoms with E-state index < -0.39 is 0 Å². The minimum atomic E-state index is 0.262. The Labute approximate surface area is 92.8 Å². The summed E-state index contributed by atoms with van der Waals surface area (Å²) in [7, 11) is 1.74. The molecule has 1 aliphatic heterocycles. The van der Waals surface area contributed by atoms with Crippen molar-refractivity contribution in [3.05, 3.63) is 0 Å². The van der Waals surface area contributed by atoms with E-state index >= 15 is 0 Å². The number of ether oxygens (including phenoxy) is 1. The van der Waals surface area contributed by atoms with Crippen LogP contribution in [0.15, 0.2) is 0 Å². The molecular weight excluding hydrogens is 190 g/mol. The summed E-state index contributed by atoms with van der Waals surface area (Å²) in [4.78, 5) is 13.6.